The second-order valence-electron chi connectivity index (χ2n) is 4.91. The molecule has 0 fully saturated rings. The number of nitrogens with zero attached hydrogens (tertiary/aromatic N) is 1. The van der Waals surface area contributed by atoms with E-state index in [9.17, 15) is 9.59 Å². The van der Waals surface area contributed by atoms with E-state index in [4.69, 9.17) is 5.21 Å². The van der Waals surface area contributed by atoms with E-state index in [-0.39, 0.29) is 5.91 Å². The molecule has 0 aromatic heterocycles. The van der Waals surface area contributed by atoms with E-state index < -0.39 is 5.91 Å². The van der Waals surface area contributed by atoms with Crippen LogP contribution >= 0.6 is 0 Å². The third-order valence-corrected chi connectivity index (χ3v) is 3.64. The summed E-state index contributed by atoms with van der Waals surface area (Å²) in [7, 11) is 0. The van der Waals surface area contributed by atoms with E-state index >= 15 is 0 Å². The van der Waals surface area contributed by atoms with Crippen LogP contribution in [0.25, 0.3) is 0 Å². The van der Waals surface area contributed by atoms with Gasteiger partial charge in [-0.3, -0.25) is 14.8 Å². The van der Waals surface area contributed by atoms with Crippen LogP contribution in [0.3, 0.4) is 0 Å². The molecule has 2 N–H and O–H groups in total. The minimum Gasteiger partial charge on any atom is -0.330 e. The molecule has 5 heteroatoms. The molecular formula is C16H14N2O3. The smallest absolute Gasteiger partial charge is 0.274 e. The molecule has 0 bridgehead atoms. The first kappa shape index (κ1) is 13.3. The van der Waals surface area contributed by atoms with Crippen molar-refractivity contribution in [1.29, 1.82) is 0 Å². The fraction of sp³-hybridized carbons (Fsp3) is 0.125. The van der Waals surface area contributed by atoms with Crippen molar-refractivity contribution >= 4 is 11.8 Å². The first-order chi connectivity index (χ1) is 10.2. The van der Waals surface area contributed by atoms with Crippen molar-refractivity contribution in [1.82, 2.24) is 10.4 Å². The summed E-state index contributed by atoms with van der Waals surface area (Å²) in [6.45, 7) is 0.836. The second-order valence-corrected chi connectivity index (χ2v) is 4.91. The van der Waals surface area contributed by atoms with E-state index in [0.717, 1.165) is 11.1 Å². The van der Waals surface area contributed by atoms with Gasteiger partial charge in [0.25, 0.3) is 11.8 Å². The molecule has 1 aliphatic rings. The van der Waals surface area contributed by atoms with Gasteiger partial charge >= 0.3 is 0 Å². The zero-order chi connectivity index (χ0) is 14.8. The van der Waals surface area contributed by atoms with Crippen molar-refractivity contribution in [2.75, 3.05) is 0 Å². The van der Waals surface area contributed by atoms with Crippen LogP contribution in [0.4, 0.5) is 0 Å². The fourth-order valence-electron chi connectivity index (χ4n) is 2.60. The molecule has 2 aromatic rings. The topological polar surface area (TPSA) is 69.6 Å². The van der Waals surface area contributed by atoms with Crippen LogP contribution in [0.15, 0.2) is 48.5 Å². The Kier molecular flexibility index (Phi) is 3.41. The average Bonchev–Trinajstić information content (AvgIpc) is 2.98. The zero-order valence-corrected chi connectivity index (χ0v) is 11.2. The highest BCUT2D eigenvalue weighted by Crippen LogP contribution is 2.27. The van der Waals surface area contributed by atoms with Crippen molar-refractivity contribution in [3.05, 3.63) is 70.8 Å². The van der Waals surface area contributed by atoms with Crippen LogP contribution in [0.1, 0.15) is 31.8 Å². The summed E-state index contributed by atoms with van der Waals surface area (Å²) >= 11 is 0. The third-order valence-electron chi connectivity index (χ3n) is 3.64. The summed E-state index contributed by atoms with van der Waals surface area (Å²) < 4.78 is 0. The molecule has 0 atom stereocenters. The molecular weight excluding hydrogens is 268 g/mol. The highest BCUT2D eigenvalue weighted by atomic mass is 16.5. The number of nitrogens with one attached hydrogen (secondary N) is 1. The van der Waals surface area contributed by atoms with Crippen molar-refractivity contribution in [2.45, 2.75) is 13.1 Å². The van der Waals surface area contributed by atoms with Crippen LogP contribution < -0.4 is 5.48 Å². The van der Waals surface area contributed by atoms with Gasteiger partial charge < -0.3 is 4.90 Å². The number of hydrogen-bond acceptors (Lipinski definition) is 3. The Balaban J connectivity index is 1.88. The number of amides is 2. The summed E-state index contributed by atoms with van der Waals surface area (Å²) in [5, 5.41) is 8.79. The molecule has 0 radical (unpaired) electrons. The number of rotatable bonds is 2. The Morgan fingerprint density at radius 1 is 1.00 bits per heavy atom. The average molecular weight is 282 g/mol. The predicted molar refractivity (Wildman–Crippen MR) is 75.7 cm³/mol. The lowest BCUT2D eigenvalue weighted by Gasteiger charge is -2.15. The number of carbonyl (C=O) groups is 2. The summed E-state index contributed by atoms with van der Waals surface area (Å²) in [6, 6.07) is 14.3. The van der Waals surface area contributed by atoms with Gasteiger partial charge in [0.1, 0.15) is 0 Å². The van der Waals surface area contributed by atoms with Crippen LogP contribution in [0.2, 0.25) is 0 Å². The summed E-state index contributed by atoms with van der Waals surface area (Å²) in [6.07, 6.45) is 0. The number of hydroxylamine groups is 1. The molecule has 106 valence electrons. The largest absolute Gasteiger partial charge is 0.330 e. The van der Waals surface area contributed by atoms with Gasteiger partial charge in [-0.2, -0.15) is 0 Å². The SMILES string of the molecule is O=C(NO)c1cccc2c1CN(C(=O)c1ccccc1)C2. The minimum absolute atomic E-state index is 0.0674. The van der Waals surface area contributed by atoms with E-state index in [0.29, 0.717) is 24.2 Å². The van der Waals surface area contributed by atoms with Crippen LogP contribution in [0, 0.1) is 0 Å². The van der Waals surface area contributed by atoms with Gasteiger partial charge in [-0.25, -0.2) is 5.48 Å². The Labute approximate surface area is 121 Å². The van der Waals surface area contributed by atoms with Crippen LogP contribution in [0.5, 0.6) is 0 Å². The monoisotopic (exact) mass is 282 g/mol. The van der Waals surface area contributed by atoms with E-state index in [1.165, 1.54) is 0 Å². The number of benzene rings is 2. The second kappa shape index (κ2) is 5.38. The fourth-order valence-corrected chi connectivity index (χ4v) is 2.60. The molecule has 21 heavy (non-hydrogen) atoms. The quantitative estimate of drug-likeness (QED) is 0.653. The summed E-state index contributed by atoms with van der Waals surface area (Å²) in [5.41, 5.74) is 4.39. The molecule has 1 heterocycles. The molecule has 0 saturated heterocycles. The van der Waals surface area contributed by atoms with Crippen molar-refractivity contribution in [3.8, 4) is 0 Å². The van der Waals surface area contributed by atoms with Crippen molar-refractivity contribution < 1.29 is 14.8 Å². The van der Waals surface area contributed by atoms with E-state index in [1.807, 2.05) is 24.3 Å². The number of fused-ring (bicyclic) bond motifs is 1. The lowest BCUT2D eigenvalue weighted by molar-refractivity contribution is 0.0699. The normalized spacial score (nSPS) is 12.9. The molecule has 0 aliphatic carbocycles. The number of carbonyl (C=O) groups excluding carboxylic acids is 2. The molecule has 0 saturated carbocycles. The lowest BCUT2D eigenvalue weighted by atomic mass is 10.0. The molecule has 5 nitrogen and oxygen atoms in total. The maximum Gasteiger partial charge on any atom is 0.274 e. The van der Waals surface area contributed by atoms with Crippen molar-refractivity contribution in [2.24, 2.45) is 0 Å². The van der Waals surface area contributed by atoms with Crippen molar-refractivity contribution in [3.63, 3.8) is 0 Å². The molecule has 3 rings (SSSR count). The zero-order valence-electron chi connectivity index (χ0n) is 11.2. The van der Waals surface area contributed by atoms with Gasteiger partial charge in [-0.1, -0.05) is 30.3 Å². The molecule has 2 amide bonds. The summed E-state index contributed by atoms with van der Waals surface area (Å²) in [5.74, 6) is -0.622. The number of hydrogen-bond donors (Lipinski definition) is 2. The standard InChI is InChI=1S/C16H14N2O3/c19-15(17-21)13-8-4-7-12-9-18(10-14(12)13)16(20)11-5-2-1-3-6-11/h1-8,21H,9-10H2,(H,17,19). The first-order valence-corrected chi connectivity index (χ1v) is 6.60. The third kappa shape index (κ3) is 2.39. The highest BCUT2D eigenvalue weighted by molar-refractivity contribution is 5.97. The van der Waals surface area contributed by atoms with Gasteiger partial charge in [0, 0.05) is 24.2 Å². The van der Waals surface area contributed by atoms with Crippen LogP contribution in [-0.4, -0.2) is 21.9 Å². The molecule has 0 unspecified atom stereocenters. The Morgan fingerprint density at radius 3 is 2.48 bits per heavy atom. The van der Waals surface area contributed by atoms with Crippen LogP contribution in [-0.2, 0) is 13.1 Å². The van der Waals surface area contributed by atoms with Gasteiger partial charge in [0.15, 0.2) is 0 Å². The maximum absolute atomic E-state index is 12.4. The first-order valence-electron chi connectivity index (χ1n) is 6.60. The van der Waals surface area contributed by atoms with Gasteiger partial charge in [0.2, 0.25) is 0 Å². The predicted octanol–water partition coefficient (Wildman–Crippen LogP) is 1.96. The summed E-state index contributed by atoms with van der Waals surface area (Å²) in [4.78, 5) is 25.8. The molecule has 1 aliphatic heterocycles. The van der Waals surface area contributed by atoms with E-state index in [1.54, 1.807) is 34.6 Å². The maximum atomic E-state index is 12.4. The lowest BCUT2D eigenvalue weighted by Crippen LogP contribution is -2.26. The van der Waals surface area contributed by atoms with Gasteiger partial charge in [0.05, 0.1) is 0 Å². The van der Waals surface area contributed by atoms with E-state index in [2.05, 4.69) is 0 Å². The molecule has 2 aromatic carbocycles. The minimum atomic E-state index is -0.555. The van der Waals surface area contributed by atoms with Gasteiger partial charge in [-0.05, 0) is 29.3 Å². The molecule has 0 spiro atoms. The highest BCUT2D eigenvalue weighted by Gasteiger charge is 2.27. The Bertz CT molecular complexity index is 698. The van der Waals surface area contributed by atoms with Gasteiger partial charge in [-0.15, -0.1) is 0 Å². The Hall–Kier alpha value is -2.66. The Morgan fingerprint density at radius 2 is 1.76 bits per heavy atom.